The minimum Gasteiger partial charge on any atom is -0.479 e. The summed E-state index contributed by atoms with van der Waals surface area (Å²) in [4.78, 5) is 22.6. The van der Waals surface area contributed by atoms with E-state index in [-0.39, 0.29) is 17.7 Å². The Morgan fingerprint density at radius 1 is 1.40 bits per heavy atom. The highest BCUT2D eigenvalue weighted by Gasteiger charge is 2.21. The molecule has 110 valence electrons. The van der Waals surface area contributed by atoms with E-state index >= 15 is 0 Å². The van der Waals surface area contributed by atoms with Crippen LogP contribution in [0.4, 0.5) is 0 Å². The number of carboxylic acids is 1. The van der Waals surface area contributed by atoms with Crippen molar-refractivity contribution < 1.29 is 24.5 Å². The normalized spacial score (nSPS) is 11.9. The Labute approximate surface area is 125 Å². The first-order valence-electron chi connectivity index (χ1n) is 6.28. The molecule has 1 atom stereocenters. The fraction of sp³-hybridized carbons (Fsp3) is 0.429. The van der Waals surface area contributed by atoms with Crippen molar-refractivity contribution in [3.63, 3.8) is 0 Å². The molecular weight excluding hydrogens is 328 g/mol. The molecule has 1 unspecified atom stereocenters. The lowest BCUT2D eigenvalue weighted by atomic mass is 9.96. The van der Waals surface area contributed by atoms with Crippen LogP contribution in [0.5, 0.6) is 0 Å². The summed E-state index contributed by atoms with van der Waals surface area (Å²) >= 11 is 3.30. The predicted octanol–water partition coefficient (Wildman–Crippen LogP) is 2.31. The lowest BCUT2D eigenvalue weighted by molar-refractivity contribution is -0.147. The summed E-state index contributed by atoms with van der Waals surface area (Å²) in [6.45, 7) is 1.93. The summed E-state index contributed by atoms with van der Waals surface area (Å²) in [7, 11) is 0. The van der Waals surface area contributed by atoms with Gasteiger partial charge in [0.05, 0.1) is 12.2 Å². The topological polar surface area (TPSA) is 83.8 Å². The van der Waals surface area contributed by atoms with E-state index in [0.717, 1.165) is 11.8 Å². The number of esters is 1. The maximum Gasteiger partial charge on any atom is 0.338 e. The molecule has 0 saturated carbocycles. The van der Waals surface area contributed by atoms with Crippen LogP contribution >= 0.6 is 15.9 Å². The third-order valence-corrected chi connectivity index (χ3v) is 3.33. The summed E-state index contributed by atoms with van der Waals surface area (Å²) < 4.78 is 4.87. The Morgan fingerprint density at radius 2 is 2.10 bits per heavy atom. The van der Waals surface area contributed by atoms with Crippen LogP contribution < -0.4 is 0 Å². The lowest BCUT2D eigenvalue weighted by Crippen LogP contribution is -2.15. The minimum absolute atomic E-state index is 0.237. The summed E-state index contributed by atoms with van der Waals surface area (Å²) in [5.41, 5.74) is 1.20. The van der Waals surface area contributed by atoms with Crippen molar-refractivity contribution >= 4 is 27.9 Å². The fourth-order valence-electron chi connectivity index (χ4n) is 1.81. The Balaban J connectivity index is 3.13. The highest BCUT2D eigenvalue weighted by atomic mass is 79.9. The molecule has 0 bridgehead atoms. The second kappa shape index (κ2) is 8.01. The number of aliphatic carboxylic acids is 1. The van der Waals surface area contributed by atoms with Crippen LogP contribution in [0.1, 0.15) is 40.9 Å². The van der Waals surface area contributed by atoms with E-state index in [2.05, 4.69) is 15.9 Å². The van der Waals surface area contributed by atoms with Crippen LogP contribution in [-0.4, -0.2) is 34.1 Å². The first-order valence-corrected chi connectivity index (χ1v) is 7.40. The van der Waals surface area contributed by atoms with Gasteiger partial charge in [0, 0.05) is 5.33 Å². The maximum absolute atomic E-state index is 11.7. The minimum atomic E-state index is -1.64. The zero-order valence-electron chi connectivity index (χ0n) is 11.1. The van der Waals surface area contributed by atoms with Crippen molar-refractivity contribution in [1.82, 2.24) is 0 Å². The van der Waals surface area contributed by atoms with E-state index in [4.69, 9.17) is 9.84 Å². The first kappa shape index (κ1) is 16.7. The molecule has 0 heterocycles. The van der Waals surface area contributed by atoms with Gasteiger partial charge in [-0.3, -0.25) is 0 Å². The van der Waals surface area contributed by atoms with Gasteiger partial charge in [0.1, 0.15) is 0 Å². The van der Waals surface area contributed by atoms with Crippen LogP contribution in [0.2, 0.25) is 0 Å². The third-order valence-electron chi connectivity index (χ3n) is 2.77. The van der Waals surface area contributed by atoms with Gasteiger partial charge in [-0.15, -0.1) is 0 Å². The van der Waals surface area contributed by atoms with E-state index in [1.54, 1.807) is 19.1 Å². The number of hydrogen-bond donors (Lipinski definition) is 2. The SMILES string of the molecule is CCOC(=O)c1ccc(CCCBr)c(C(O)C(=O)O)c1. The molecule has 0 fully saturated rings. The second-order valence-electron chi connectivity index (χ2n) is 4.17. The van der Waals surface area contributed by atoms with Gasteiger partial charge in [-0.05, 0) is 43.0 Å². The van der Waals surface area contributed by atoms with Gasteiger partial charge in [-0.2, -0.15) is 0 Å². The summed E-state index contributed by atoms with van der Waals surface area (Å²) in [6.07, 6.45) is -0.221. The van der Waals surface area contributed by atoms with Crippen molar-refractivity contribution in [1.29, 1.82) is 0 Å². The van der Waals surface area contributed by atoms with Crippen LogP contribution in [0.3, 0.4) is 0 Å². The Hall–Kier alpha value is -1.40. The smallest absolute Gasteiger partial charge is 0.338 e. The number of aliphatic hydroxyl groups is 1. The number of aliphatic hydroxyl groups excluding tert-OH is 1. The van der Waals surface area contributed by atoms with Gasteiger partial charge in [0.2, 0.25) is 0 Å². The molecule has 20 heavy (non-hydrogen) atoms. The molecule has 0 aromatic heterocycles. The summed E-state index contributed by atoms with van der Waals surface area (Å²) in [5.74, 6) is -1.87. The largest absolute Gasteiger partial charge is 0.479 e. The number of carbonyl (C=O) groups is 2. The number of halogens is 1. The van der Waals surface area contributed by atoms with Gasteiger partial charge in [0.15, 0.2) is 6.10 Å². The zero-order valence-corrected chi connectivity index (χ0v) is 12.7. The standard InChI is InChI=1S/C14H17BrO5/c1-2-20-14(19)10-6-5-9(4-3-7-15)11(8-10)12(16)13(17)18/h5-6,8,12,16H,2-4,7H2,1H3,(H,17,18). The van der Waals surface area contributed by atoms with Crippen LogP contribution in [-0.2, 0) is 16.0 Å². The number of aryl methyl sites for hydroxylation is 1. The fourth-order valence-corrected chi connectivity index (χ4v) is 2.09. The van der Waals surface area contributed by atoms with Crippen molar-refractivity contribution in [2.45, 2.75) is 25.9 Å². The molecule has 2 N–H and O–H groups in total. The highest BCUT2D eigenvalue weighted by Crippen LogP contribution is 2.22. The lowest BCUT2D eigenvalue weighted by Gasteiger charge is -2.13. The molecular formula is C14H17BrO5. The Morgan fingerprint density at radius 3 is 2.65 bits per heavy atom. The number of rotatable bonds is 7. The molecule has 5 nitrogen and oxygen atoms in total. The average molecular weight is 345 g/mol. The number of ether oxygens (including phenoxy) is 1. The monoisotopic (exact) mass is 344 g/mol. The van der Waals surface area contributed by atoms with Crippen LogP contribution in [0.25, 0.3) is 0 Å². The van der Waals surface area contributed by atoms with Crippen molar-refractivity contribution in [3.05, 3.63) is 34.9 Å². The van der Waals surface area contributed by atoms with Crippen molar-refractivity contribution in [3.8, 4) is 0 Å². The average Bonchev–Trinajstić information content (AvgIpc) is 2.44. The molecule has 0 radical (unpaired) electrons. The van der Waals surface area contributed by atoms with Crippen molar-refractivity contribution in [2.24, 2.45) is 0 Å². The molecule has 0 aliphatic rings. The summed E-state index contributed by atoms with van der Waals surface area (Å²) in [6, 6.07) is 4.64. The zero-order chi connectivity index (χ0) is 15.1. The van der Waals surface area contributed by atoms with Crippen molar-refractivity contribution in [2.75, 3.05) is 11.9 Å². The number of benzene rings is 1. The Bertz CT molecular complexity index is 486. The molecule has 1 rings (SSSR count). The Kier molecular flexibility index (Phi) is 6.67. The van der Waals surface area contributed by atoms with E-state index in [1.807, 2.05) is 0 Å². The number of carbonyl (C=O) groups excluding carboxylic acids is 1. The van der Waals surface area contributed by atoms with E-state index in [9.17, 15) is 14.7 Å². The second-order valence-corrected chi connectivity index (χ2v) is 4.96. The van der Waals surface area contributed by atoms with Gasteiger partial charge >= 0.3 is 11.9 Å². The molecule has 1 aromatic carbocycles. The molecule has 0 saturated heterocycles. The first-order chi connectivity index (χ1) is 9.51. The van der Waals surface area contributed by atoms with Gasteiger partial charge in [0.25, 0.3) is 0 Å². The summed E-state index contributed by atoms with van der Waals surface area (Å²) in [5, 5.41) is 19.5. The number of alkyl halides is 1. The highest BCUT2D eigenvalue weighted by molar-refractivity contribution is 9.09. The number of hydrogen-bond acceptors (Lipinski definition) is 4. The molecule has 0 spiro atoms. The maximum atomic E-state index is 11.7. The van der Waals surface area contributed by atoms with Gasteiger partial charge in [-0.1, -0.05) is 22.0 Å². The van der Waals surface area contributed by atoms with Gasteiger partial charge < -0.3 is 14.9 Å². The quantitative estimate of drug-likeness (QED) is 0.585. The molecule has 0 aliphatic carbocycles. The predicted molar refractivity (Wildman–Crippen MR) is 77.1 cm³/mol. The van der Waals surface area contributed by atoms with Crippen LogP contribution in [0.15, 0.2) is 18.2 Å². The molecule has 0 amide bonds. The number of carboxylic acid groups (broad SMARTS) is 1. The molecule has 0 aliphatic heterocycles. The third kappa shape index (κ3) is 4.31. The van der Waals surface area contributed by atoms with E-state index < -0.39 is 18.0 Å². The molecule has 6 heteroatoms. The van der Waals surface area contributed by atoms with E-state index in [0.29, 0.717) is 12.0 Å². The van der Waals surface area contributed by atoms with E-state index in [1.165, 1.54) is 6.07 Å². The molecule has 1 aromatic rings. The van der Waals surface area contributed by atoms with Crippen LogP contribution in [0, 0.1) is 0 Å². The van der Waals surface area contributed by atoms with Gasteiger partial charge in [-0.25, -0.2) is 9.59 Å².